The predicted molar refractivity (Wildman–Crippen MR) is 91.9 cm³/mol. The Labute approximate surface area is 138 Å². The smallest absolute Gasteiger partial charge is 0.255 e. The van der Waals surface area contributed by atoms with E-state index >= 15 is 0 Å². The summed E-state index contributed by atoms with van der Waals surface area (Å²) in [7, 11) is 0. The largest absolute Gasteiger partial charge is 0.297 e. The number of aromatic nitrogens is 3. The first-order chi connectivity index (χ1) is 11.7. The molecular weight excluding hydrogens is 304 g/mol. The highest BCUT2D eigenvalue weighted by Crippen LogP contribution is 2.20. The molecule has 0 aliphatic rings. The van der Waals surface area contributed by atoms with Crippen molar-refractivity contribution in [2.45, 2.75) is 6.92 Å². The minimum Gasteiger partial charge on any atom is -0.297 e. The van der Waals surface area contributed by atoms with Crippen LogP contribution in [-0.4, -0.2) is 26.5 Å². The van der Waals surface area contributed by atoms with Crippen LogP contribution in [0.4, 0.5) is 5.69 Å². The van der Waals surface area contributed by atoms with Crippen LogP contribution in [0.15, 0.2) is 71.1 Å². The van der Waals surface area contributed by atoms with E-state index in [1.807, 2.05) is 6.07 Å². The number of hydrogen-bond donors (Lipinski definition) is 0. The molecule has 3 rings (SSSR count). The van der Waals surface area contributed by atoms with Gasteiger partial charge in [0.05, 0.1) is 17.1 Å². The maximum atomic E-state index is 12.2. The van der Waals surface area contributed by atoms with Crippen molar-refractivity contribution >= 4 is 17.7 Å². The van der Waals surface area contributed by atoms with Gasteiger partial charge in [-0.25, -0.2) is 9.97 Å². The zero-order chi connectivity index (χ0) is 16.9. The molecule has 0 saturated carbocycles. The van der Waals surface area contributed by atoms with E-state index in [0.29, 0.717) is 23.4 Å². The van der Waals surface area contributed by atoms with Crippen molar-refractivity contribution in [3.05, 3.63) is 71.7 Å². The number of benzene rings is 1. The zero-order valence-electron chi connectivity index (χ0n) is 13.0. The van der Waals surface area contributed by atoms with Gasteiger partial charge in [0.2, 0.25) is 0 Å². The minimum absolute atomic E-state index is 0.163. The van der Waals surface area contributed by atoms with E-state index in [1.54, 1.807) is 49.8 Å². The summed E-state index contributed by atoms with van der Waals surface area (Å²) in [6, 6.07) is 10.3. The van der Waals surface area contributed by atoms with E-state index in [9.17, 15) is 9.59 Å². The van der Waals surface area contributed by atoms with E-state index in [2.05, 4.69) is 15.0 Å². The second-order valence-corrected chi connectivity index (χ2v) is 5.14. The van der Waals surface area contributed by atoms with Crippen molar-refractivity contribution in [3.63, 3.8) is 0 Å². The number of pyridine rings is 1. The second kappa shape index (κ2) is 6.78. The molecule has 0 radical (unpaired) electrons. The lowest BCUT2D eigenvalue weighted by atomic mass is 10.1. The summed E-state index contributed by atoms with van der Waals surface area (Å²) in [4.78, 5) is 35.1. The molecule has 0 aliphatic heterocycles. The first-order valence-electron chi connectivity index (χ1n) is 7.26. The lowest BCUT2D eigenvalue weighted by molar-refractivity contribution is -0.102. The van der Waals surface area contributed by atoms with E-state index in [1.165, 1.54) is 17.0 Å². The van der Waals surface area contributed by atoms with E-state index in [0.717, 1.165) is 11.1 Å². The van der Waals surface area contributed by atoms with Gasteiger partial charge in [0.25, 0.3) is 5.56 Å². The highest BCUT2D eigenvalue weighted by Gasteiger charge is 2.05. The van der Waals surface area contributed by atoms with Gasteiger partial charge >= 0.3 is 0 Å². The Morgan fingerprint density at radius 1 is 1.12 bits per heavy atom. The molecule has 0 aliphatic carbocycles. The lowest BCUT2D eigenvalue weighted by Crippen LogP contribution is -2.16. The van der Waals surface area contributed by atoms with Crippen LogP contribution in [0.2, 0.25) is 0 Å². The SMILES string of the molecule is CC(C=O)=Nc1cccc(-n2cc(-c3cncnc3)ccc2=O)c1. The summed E-state index contributed by atoms with van der Waals surface area (Å²) in [5.74, 6) is 0. The highest BCUT2D eigenvalue weighted by molar-refractivity contribution is 6.27. The molecule has 0 amide bonds. The van der Waals surface area contributed by atoms with E-state index in [-0.39, 0.29) is 5.56 Å². The monoisotopic (exact) mass is 318 g/mol. The predicted octanol–water partition coefficient (Wildman–Crippen LogP) is 2.59. The Bertz CT molecular complexity index is 962. The summed E-state index contributed by atoms with van der Waals surface area (Å²) >= 11 is 0. The molecule has 0 spiro atoms. The Balaban J connectivity index is 2.08. The zero-order valence-corrected chi connectivity index (χ0v) is 13.0. The molecule has 6 heteroatoms. The summed E-state index contributed by atoms with van der Waals surface area (Å²) in [6.07, 6.45) is 7.25. The van der Waals surface area contributed by atoms with Crippen molar-refractivity contribution in [3.8, 4) is 16.8 Å². The third-order valence-electron chi connectivity index (χ3n) is 3.39. The van der Waals surface area contributed by atoms with Crippen molar-refractivity contribution < 1.29 is 4.79 Å². The molecule has 118 valence electrons. The molecule has 1 aromatic carbocycles. The molecule has 3 aromatic rings. The van der Waals surface area contributed by atoms with Gasteiger partial charge < -0.3 is 0 Å². The van der Waals surface area contributed by atoms with Crippen LogP contribution < -0.4 is 5.56 Å². The molecule has 6 nitrogen and oxygen atoms in total. The quantitative estimate of drug-likeness (QED) is 0.547. The topological polar surface area (TPSA) is 77.2 Å². The number of carbonyl (C=O) groups is 1. The van der Waals surface area contributed by atoms with Crippen LogP contribution in [0.5, 0.6) is 0 Å². The molecule has 24 heavy (non-hydrogen) atoms. The molecule has 0 unspecified atom stereocenters. The van der Waals surface area contributed by atoms with Gasteiger partial charge in [-0.15, -0.1) is 0 Å². The van der Waals surface area contributed by atoms with Gasteiger partial charge in [0.15, 0.2) is 6.29 Å². The number of carbonyl (C=O) groups excluding carboxylic acids is 1. The van der Waals surface area contributed by atoms with Crippen LogP contribution in [0.3, 0.4) is 0 Å². The van der Waals surface area contributed by atoms with Crippen molar-refractivity contribution in [1.29, 1.82) is 0 Å². The standard InChI is InChI=1S/C18H14N4O2/c1-13(11-23)21-16-3-2-4-17(7-16)22-10-14(5-6-18(22)24)15-8-19-12-20-9-15/h2-12H,1H3. The summed E-state index contributed by atoms with van der Waals surface area (Å²) in [6.45, 7) is 1.63. The number of nitrogens with zero attached hydrogens (tertiary/aromatic N) is 4. The summed E-state index contributed by atoms with van der Waals surface area (Å²) in [5, 5.41) is 0. The van der Waals surface area contributed by atoms with E-state index < -0.39 is 0 Å². The van der Waals surface area contributed by atoms with Gasteiger partial charge in [0.1, 0.15) is 6.33 Å². The van der Waals surface area contributed by atoms with Gasteiger partial charge in [-0.2, -0.15) is 0 Å². The lowest BCUT2D eigenvalue weighted by Gasteiger charge is -2.09. The highest BCUT2D eigenvalue weighted by atomic mass is 16.1. The first-order valence-corrected chi connectivity index (χ1v) is 7.26. The van der Waals surface area contributed by atoms with Gasteiger partial charge in [-0.05, 0) is 31.2 Å². The number of aldehydes is 1. The maximum absolute atomic E-state index is 12.2. The first kappa shape index (κ1) is 15.5. The number of hydrogen-bond acceptors (Lipinski definition) is 5. The molecule has 0 saturated heterocycles. The Morgan fingerprint density at radius 2 is 1.92 bits per heavy atom. The summed E-state index contributed by atoms with van der Waals surface area (Å²) in [5.41, 5.74) is 3.13. The van der Waals surface area contributed by atoms with Crippen LogP contribution >= 0.6 is 0 Å². The Hall–Kier alpha value is -3.41. The molecule has 2 aromatic heterocycles. The Kier molecular flexibility index (Phi) is 4.38. The number of aliphatic imine (C=N–C) groups is 1. The fraction of sp³-hybridized carbons (Fsp3) is 0.0556. The Morgan fingerprint density at radius 3 is 2.67 bits per heavy atom. The molecule has 0 fully saturated rings. The van der Waals surface area contributed by atoms with E-state index in [4.69, 9.17) is 0 Å². The average Bonchev–Trinajstić information content (AvgIpc) is 2.63. The average molecular weight is 318 g/mol. The third-order valence-corrected chi connectivity index (χ3v) is 3.39. The molecule has 0 atom stereocenters. The van der Waals surface area contributed by atoms with Crippen molar-refractivity contribution in [1.82, 2.24) is 14.5 Å². The molecular formula is C18H14N4O2. The van der Waals surface area contributed by atoms with Crippen LogP contribution in [0, 0.1) is 0 Å². The van der Waals surface area contributed by atoms with Crippen molar-refractivity contribution in [2.24, 2.45) is 4.99 Å². The maximum Gasteiger partial charge on any atom is 0.255 e. The second-order valence-electron chi connectivity index (χ2n) is 5.14. The summed E-state index contributed by atoms with van der Waals surface area (Å²) < 4.78 is 1.53. The third kappa shape index (κ3) is 3.33. The molecule has 0 N–H and O–H groups in total. The number of rotatable bonds is 4. The van der Waals surface area contributed by atoms with Gasteiger partial charge in [-0.3, -0.25) is 19.1 Å². The molecule has 2 heterocycles. The fourth-order valence-electron chi connectivity index (χ4n) is 2.25. The van der Waals surface area contributed by atoms with Crippen LogP contribution in [0.25, 0.3) is 16.8 Å². The fourth-order valence-corrected chi connectivity index (χ4v) is 2.25. The van der Waals surface area contributed by atoms with Gasteiger partial charge in [-0.1, -0.05) is 6.07 Å². The molecule has 0 bridgehead atoms. The van der Waals surface area contributed by atoms with Crippen LogP contribution in [0.1, 0.15) is 6.92 Å². The van der Waals surface area contributed by atoms with Crippen molar-refractivity contribution in [2.75, 3.05) is 0 Å². The van der Waals surface area contributed by atoms with Gasteiger partial charge in [0, 0.05) is 35.8 Å². The van der Waals surface area contributed by atoms with Crippen LogP contribution in [-0.2, 0) is 4.79 Å². The normalized spacial score (nSPS) is 11.3. The minimum atomic E-state index is -0.163.